The first kappa shape index (κ1) is 15.6. The first-order valence-corrected chi connectivity index (χ1v) is 8.46. The van der Waals surface area contributed by atoms with E-state index in [1.807, 2.05) is 30.6 Å². The zero-order chi connectivity index (χ0) is 17.1. The maximum Gasteiger partial charge on any atom is 0.227 e. The van der Waals surface area contributed by atoms with Gasteiger partial charge in [0.05, 0.1) is 6.20 Å². The Morgan fingerprint density at radius 1 is 1.16 bits per heavy atom. The van der Waals surface area contributed by atoms with E-state index < -0.39 is 0 Å². The predicted octanol–water partition coefficient (Wildman–Crippen LogP) is 2.41. The lowest BCUT2D eigenvalue weighted by molar-refractivity contribution is 0.493. The fraction of sp³-hybridized carbons (Fsp3) is 0.278. The molecule has 0 saturated carbocycles. The molecule has 3 aromatic rings. The van der Waals surface area contributed by atoms with Gasteiger partial charge in [-0.3, -0.25) is 5.10 Å². The quantitative estimate of drug-likeness (QED) is 0.679. The minimum atomic E-state index is 0.387. The number of piperazine rings is 1. The fourth-order valence-corrected chi connectivity index (χ4v) is 3.00. The molecule has 1 saturated heterocycles. The van der Waals surface area contributed by atoms with Crippen molar-refractivity contribution in [3.05, 3.63) is 48.9 Å². The molecule has 7 nitrogen and oxygen atoms in total. The molecule has 7 heteroatoms. The van der Waals surface area contributed by atoms with Gasteiger partial charge in [0.1, 0.15) is 5.82 Å². The molecule has 4 rings (SSSR count). The van der Waals surface area contributed by atoms with Crippen molar-refractivity contribution < 1.29 is 0 Å². The van der Waals surface area contributed by atoms with Gasteiger partial charge in [-0.15, -0.1) is 0 Å². The van der Waals surface area contributed by atoms with Gasteiger partial charge in [-0.05, 0) is 30.7 Å². The van der Waals surface area contributed by atoms with Crippen molar-refractivity contribution in [3.63, 3.8) is 0 Å². The summed E-state index contributed by atoms with van der Waals surface area (Å²) >= 11 is 0. The highest BCUT2D eigenvalue weighted by molar-refractivity contribution is 5.66. The molecule has 1 aromatic carbocycles. The summed E-state index contributed by atoms with van der Waals surface area (Å²) in [6.45, 7) is 5.02. The Morgan fingerprint density at radius 3 is 2.80 bits per heavy atom. The van der Waals surface area contributed by atoms with E-state index in [-0.39, 0.29) is 0 Å². The zero-order valence-corrected chi connectivity index (χ0v) is 14.1. The molecule has 2 aromatic heterocycles. The van der Waals surface area contributed by atoms with Gasteiger partial charge in [-0.25, -0.2) is 4.98 Å². The third-order valence-corrected chi connectivity index (χ3v) is 4.39. The lowest BCUT2D eigenvalue weighted by Gasteiger charge is -2.33. The third kappa shape index (κ3) is 3.46. The van der Waals surface area contributed by atoms with Crippen LogP contribution in [0.25, 0.3) is 11.1 Å². The van der Waals surface area contributed by atoms with Crippen LogP contribution >= 0.6 is 0 Å². The number of hydrogen-bond acceptors (Lipinski definition) is 6. The molecule has 0 aliphatic carbocycles. The van der Waals surface area contributed by atoms with Crippen LogP contribution in [0.4, 0.5) is 17.5 Å². The van der Waals surface area contributed by atoms with E-state index in [9.17, 15) is 0 Å². The summed E-state index contributed by atoms with van der Waals surface area (Å²) in [5, 5.41) is 13.6. The molecule has 1 aliphatic heterocycles. The van der Waals surface area contributed by atoms with Gasteiger partial charge in [0, 0.05) is 49.3 Å². The van der Waals surface area contributed by atoms with Crippen molar-refractivity contribution in [1.29, 1.82) is 0 Å². The maximum atomic E-state index is 4.68. The highest BCUT2D eigenvalue weighted by Gasteiger charge is 2.20. The molecule has 1 unspecified atom stereocenters. The van der Waals surface area contributed by atoms with E-state index in [4.69, 9.17) is 0 Å². The van der Waals surface area contributed by atoms with Crippen LogP contribution in [0, 0.1) is 0 Å². The zero-order valence-electron chi connectivity index (χ0n) is 14.1. The minimum absolute atomic E-state index is 0.387. The van der Waals surface area contributed by atoms with Gasteiger partial charge in [0.25, 0.3) is 0 Å². The van der Waals surface area contributed by atoms with E-state index in [1.54, 1.807) is 6.20 Å². The molecule has 1 atom stereocenters. The Kier molecular flexibility index (Phi) is 4.30. The maximum absolute atomic E-state index is 4.68. The van der Waals surface area contributed by atoms with Crippen molar-refractivity contribution in [2.75, 3.05) is 29.9 Å². The summed E-state index contributed by atoms with van der Waals surface area (Å²) in [5.74, 6) is 1.57. The Bertz CT molecular complexity index is 814. The lowest BCUT2D eigenvalue weighted by atomic mass is 10.1. The Hall–Kier alpha value is -2.93. The van der Waals surface area contributed by atoms with Crippen molar-refractivity contribution >= 4 is 17.5 Å². The molecular weight excluding hydrogens is 314 g/mol. The van der Waals surface area contributed by atoms with Gasteiger partial charge in [0.2, 0.25) is 5.95 Å². The van der Waals surface area contributed by atoms with Crippen LogP contribution in [-0.2, 0) is 0 Å². The normalized spacial score (nSPS) is 17.5. The van der Waals surface area contributed by atoms with Crippen LogP contribution in [0.5, 0.6) is 0 Å². The van der Waals surface area contributed by atoms with Crippen molar-refractivity contribution in [1.82, 2.24) is 25.5 Å². The first-order chi connectivity index (χ1) is 12.3. The van der Waals surface area contributed by atoms with E-state index in [0.29, 0.717) is 6.04 Å². The van der Waals surface area contributed by atoms with Gasteiger partial charge in [-0.1, -0.05) is 12.1 Å². The van der Waals surface area contributed by atoms with Gasteiger partial charge in [-0.2, -0.15) is 10.1 Å². The molecule has 25 heavy (non-hydrogen) atoms. The SMILES string of the molecule is CC1CNCCN1c1nccc(Nc2ccc(-c3cn[nH]c3)cc2)n1. The Balaban J connectivity index is 1.50. The predicted molar refractivity (Wildman–Crippen MR) is 99.0 cm³/mol. The number of nitrogens with zero attached hydrogens (tertiary/aromatic N) is 4. The van der Waals surface area contributed by atoms with Crippen LogP contribution in [-0.4, -0.2) is 45.8 Å². The molecule has 3 N–H and O–H groups in total. The topological polar surface area (TPSA) is 81.8 Å². The summed E-state index contributed by atoms with van der Waals surface area (Å²) < 4.78 is 0. The average molecular weight is 335 g/mol. The summed E-state index contributed by atoms with van der Waals surface area (Å²) in [5.41, 5.74) is 3.19. The number of aromatic nitrogens is 4. The van der Waals surface area contributed by atoms with Gasteiger partial charge >= 0.3 is 0 Å². The number of anilines is 3. The monoisotopic (exact) mass is 335 g/mol. The number of hydrogen-bond donors (Lipinski definition) is 3. The molecular formula is C18H21N7. The molecule has 0 bridgehead atoms. The van der Waals surface area contributed by atoms with E-state index >= 15 is 0 Å². The molecule has 0 radical (unpaired) electrons. The standard InChI is InChI=1S/C18H21N7/c1-13-10-19-8-9-25(13)18-20-7-6-17(24-18)23-16-4-2-14(3-5-16)15-11-21-22-12-15/h2-7,11-13,19H,8-10H2,1H3,(H,21,22)(H,20,23,24). The average Bonchev–Trinajstić information content (AvgIpc) is 3.18. The third-order valence-electron chi connectivity index (χ3n) is 4.39. The lowest BCUT2D eigenvalue weighted by Crippen LogP contribution is -2.50. The fourth-order valence-electron chi connectivity index (χ4n) is 3.00. The number of rotatable bonds is 4. The van der Waals surface area contributed by atoms with Crippen molar-refractivity contribution in [2.45, 2.75) is 13.0 Å². The largest absolute Gasteiger partial charge is 0.340 e. The van der Waals surface area contributed by atoms with Crippen molar-refractivity contribution in [3.8, 4) is 11.1 Å². The number of aromatic amines is 1. The first-order valence-electron chi connectivity index (χ1n) is 8.46. The summed E-state index contributed by atoms with van der Waals surface area (Å²) in [7, 11) is 0. The van der Waals surface area contributed by atoms with E-state index in [0.717, 1.165) is 48.2 Å². The van der Waals surface area contributed by atoms with Crippen LogP contribution in [0.2, 0.25) is 0 Å². The van der Waals surface area contributed by atoms with Gasteiger partial charge < -0.3 is 15.5 Å². The Morgan fingerprint density at radius 2 is 2.04 bits per heavy atom. The summed E-state index contributed by atoms with van der Waals surface area (Å²) in [6, 6.07) is 10.5. The number of nitrogens with one attached hydrogen (secondary N) is 3. The van der Waals surface area contributed by atoms with Crippen molar-refractivity contribution in [2.24, 2.45) is 0 Å². The van der Waals surface area contributed by atoms with Crippen LogP contribution < -0.4 is 15.5 Å². The molecule has 128 valence electrons. The van der Waals surface area contributed by atoms with Crippen LogP contribution in [0.3, 0.4) is 0 Å². The molecule has 0 spiro atoms. The second-order valence-electron chi connectivity index (χ2n) is 6.18. The highest BCUT2D eigenvalue weighted by atomic mass is 15.3. The second kappa shape index (κ2) is 6.90. The molecule has 1 fully saturated rings. The number of H-pyrrole nitrogens is 1. The highest BCUT2D eigenvalue weighted by Crippen LogP contribution is 2.22. The smallest absolute Gasteiger partial charge is 0.227 e. The summed E-state index contributed by atoms with van der Waals surface area (Å²) in [4.78, 5) is 11.4. The second-order valence-corrected chi connectivity index (χ2v) is 6.18. The summed E-state index contributed by atoms with van der Waals surface area (Å²) in [6.07, 6.45) is 5.50. The van der Waals surface area contributed by atoms with E-state index in [1.165, 1.54) is 0 Å². The van der Waals surface area contributed by atoms with E-state index in [2.05, 4.69) is 54.8 Å². The molecule has 0 amide bonds. The molecule has 3 heterocycles. The number of benzene rings is 1. The van der Waals surface area contributed by atoms with Crippen LogP contribution in [0.1, 0.15) is 6.92 Å². The van der Waals surface area contributed by atoms with Crippen LogP contribution in [0.15, 0.2) is 48.9 Å². The molecule has 1 aliphatic rings. The minimum Gasteiger partial charge on any atom is -0.340 e. The Labute approximate surface area is 146 Å². The van der Waals surface area contributed by atoms with Gasteiger partial charge in [0.15, 0.2) is 0 Å².